The van der Waals surface area contributed by atoms with Gasteiger partial charge in [-0.05, 0) is 44.0 Å². The molecule has 0 aliphatic carbocycles. The van der Waals surface area contributed by atoms with E-state index in [-0.39, 0.29) is 18.0 Å². The maximum atomic E-state index is 12.6. The molecule has 3 rings (SSSR count). The van der Waals surface area contributed by atoms with Gasteiger partial charge in [-0.3, -0.25) is 9.78 Å². The van der Waals surface area contributed by atoms with Gasteiger partial charge in [0, 0.05) is 31.0 Å². The van der Waals surface area contributed by atoms with Crippen LogP contribution in [0.15, 0.2) is 42.6 Å². The molecule has 8 heteroatoms. The Hall–Kier alpha value is -3.29. The van der Waals surface area contributed by atoms with E-state index in [4.69, 9.17) is 9.47 Å². The number of methoxy groups -OCH3 is 1. The normalized spacial score (nSPS) is 14.2. The van der Waals surface area contributed by atoms with Gasteiger partial charge in [-0.15, -0.1) is 0 Å². The second-order valence-electron chi connectivity index (χ2n) is 6.69. The van der Waals surface area contributed by atoms with E-state index < -0.39 is 0 Å². The Balaban J connectivity index is 1.58. The molecule has 8 nitrogen and oxygen atoms in total. The van der Waals surface area contributed by atoms with E-state index in [0.29, 0.717) is 36.8 Å². The van der Waals surface area contributed by atoms with Gasteiger partial charge in [0.15, 0.2) is 0 Å². The topological polar surface area (TPSA) is 92.8 Å². The van der Waals surface area contributed by atoms with Gasteiger partial charge < -0.3 is 25.0 Å². The van der Waals surface area contributed by atoms with Crippen LogP contribution in [0.4, 0.5) is 16.2 Å². The quantitative estimate of drug-likeness (QED) is 0.775. The molecule has 0 atom stereocenters. The second-order valence-corrected chi connectivity index (χ2v) is 6.69. The third kappa shape index (κ3) is 5.37. The highest BCUT2D eigenvalue weighted by atomic mass is 16.6. The van der Waals surface area contributed by atoms with Gasteiger partial charge in [0.05, 0.1) is 19.4 Å². The van der Waals surface area contributed by atoms with E-state index in [2.05, 4.69) is 15.6 Å². The van der Waals surface area contributed by atoms with Crippen LogP contribution in [-0.2, 0) is 4.74 Å². The number of amides is 2. The van der Waals surface area contributed by atoms with Crippen LogP contribution in [0.3, 0.4) is 0 Å². The van der Waals surface area contributed by atoms with Crippen molar-refractivity contribution in [3.05, 3.63) is 48.3 Å². The number of piperidine rings is 1. The van der Waals surface area contributed by atoms with Crippen molar-refractivity contribution in [1.29, 1.82) is 0 Å². The Morgan fingerprint density at radius 2 is 1.97 bits per heavy atom. The Kier molecular flexibility index (Phi) is 6.89. The number of hydrogen-bond acceptors (Lipinski definition) is 6. The summed E-state index contributed by atoms with van der Waals surface area (Å²) in [7, 11) is 1.56. The lowest BCUT2D eigenvalue weighted by molar-refractivity contribution is 0.0981. The molecule has 0 spiro atoms. The number of aromatic nitrogens is 1. The summed E-state index contributed by atoms with van der Waals surface area (Å²) in [5, 5.41) is 6.26. The number of anilines is 2. The Morgan fingerprint density at radius 1 is 1.21 bits per heavy atom. The molecule has 154 valence electrons. The first-order chi connectivity index (χ1) is 14.1. The second kappa shape index (κ2) is 9.77. The van der Waals surface area contributed by atoms with E-state index in [0.717, 1.165) is 18.5 Å². The summed E-state index contributed by atoms with van der Waals surface area (Å²) in [6.45, 7) is 3.47. The van der Waals surface area contributed by atoms with Crippen LogP contribution in [-0.4, -0.2) is 54.7 Å². The van der Waals surface area contributed by atoms with Crippen molar-refractivity contribution < 1.29 is 19.1 Å². The maximum absolute atomic E-state index is 12.6. The molecule has 1 aliphatic heterocycles. The van der Waals surface area contributed by atoms with Crippen LogP contribution in [0, 0.1) is 0 Å². The zero-order chi connectivity index (χ0) is 20.6. The van der Waals surface area contributed by atoms with Crippen molar-refractivity contribution in [1.82, 2.24) is 9.88 Å². The summed E-state index contributed by atoms with van der Waals surface area (Å²) in [6.07, 6.45) is 2.96. The number of rotatable bonds is 6. The molecule has 2 amide bonds. The van der Waals surface area contributed by atoms with Crippen molar-refractivity contribution >= 4 is 23.4 Å². The summed E-state index contributed by atoms with van der Waals surface area (Å²) in [4.78, 5) is 30.3. The highest BCUT2D eigenvalue weighted by Gasteiger charge is 2.23. The molecule has 0 bridgehead atoms. The van der Waals surface area contributed by atoms with Crippen LogP contribution < -0.4 is 15.4 Å². The lowest BCUT2D eigenvalue weighted by Gasteiger charge is -2.32. The molecule has 0 unspecified atom stereocenters. The van der Waals surface area contributed by atoms with Gasteiger partial charge in [0.25, 0.3) is 5.91 Å². The lowest BCUT2D eigenvalue weighted by atomic mass is 10.1. The SMILES string of the molecule is CCOC(=O)N1CCC(Nc2ccnc(C(=O)Nc3ccccc3OC)c2)CC1. The van der Waals surface area contributed by atoms with Gasteiger partial charge >= 0.3 is 6.09 Å². The molecule has 2 N–H and O–H groups in total. The standard InChI is InChI=1S/C21H26N4O4/c1-3-29-21(27)25-12-9-15(10-13-25)23-16-8-11-22-18(14-16)20(26)24-17-6-4-5-7-19(17)28-2/h4-8,11,14-15H,3,9-10,12-13H2,1-2H3,(H,22,23)(H,24,26). The number of hydrogen-bond donors (Lipinski definition) is 2. The van der Waals surface area contributed by atoms with Crippen molar-refractivity contribution in [3.63, 3.8) is 0 Å². The van der Waals surface area contributed by atoms with Crippen LogP contribution in [0.25, 0.3) is 0 Å². The number of benzene rings is 1. The number of pyridine rings is 1. The first kappa shape index (κ1) is 20.4. The van der Waals surface area contributed by atoms with E-state index in [1.807, 2.05) is 18.2 Å². The molecule has 2 heterocycles. The average molecular weight is 398 g/mol. The van der Waals surface area contributed by atoms with E-state index in [1.165, 1.54) is 0 Å². The third-order valence-electron chi connectivity index (χ3n) is 4.74. The highest BCUT2D eigenvalue weighted by molar-refractivity contribution is 6.04. The molecule has 0 saturated carbocycles. The van der Waals surface area contributed by atoms with Gasteiger partial charge in [0.1, 0.15) is 11.4 Å². The van der Waals surface area contributed by atoms with Crippen LogP contribution in [0.1, 0.15) is 30.3 Å². The summed E-state index contributed by atoms with van der Waals surface area (Å²) < 4.78 is 10.3. The molecular weight excluding hydrogens is 372 g/mol. The molecule has 2 aromatic rings. The summed E-state index contributed by atoms with van der Waals surface area (Å²) in [6, 6.07) is 11.0. The number of nitrogens with zero attached hydrogens (tertiary/aromatic N) is 2. The number of likely N-dealkylation sites (tertiary alicyclic amines) is 1. The summed E-state index contributed by atoms with van der Waals surface area (Å²) in [5.74, 6) is 0.277. The van der Waals surface area contributed by atoms with Crippen molar-refractivity contribution in [3.8, 4) is 5.75 Å². The lowest BCUT2D eigenvalue weighted by Crippen LogP contribution is -2.42. The van der Waals surface area contributed by atoms with Crippen molar-refractivity contribution in [2.45, 2.75) is 25.8 Å². The number of nitrogens with one attached hydrogen (secondary N) is 2. The van der Waals surface area contributed by atoms with E-state index in [9.17, 15) is 9.59 Å². The molecule has 0 radical (unpaired) electrons. The largest absolute Gasteiger partial charge is 0.495 e. The van der Waals surface area contributed by atoms with Crippen molar-refractivity contribution in [2.24, 2.45) is 0 Å². The van der Waals surface area contributed by atoms with Gasteiger partial charge in [0.2, 0.25) is 0 Å². The smallest absolute Gasteiger partial charge is 0.409 e. The van der Waals surface area contributed by atoms with Crippen LogP contribution in [0.5, 0.6) is 5.75 Å². The Morgan fingerprint density at radius 3 is 2.69 bits per heavy atom. The third-order valence-corrected chi connectivity index (χ3v) is 4.74. The van der Waals surface area contributed by atoms with Crippen LogP contribution >= 0.6 is 0 Å². The predicted octanol–water partition coefficient (Wildman–Crippen LogP) is 3.38. The maximum Gasteiger partial charge on any atom is 0.409 e. The van der Waals surface area contributed by atoms with E-state index in [1.54, 1.807) is 43.3 Å². The zero-order valence-corrected chi connectivity index (χ0v) is 16.7. The fourth-order valence-electron chi connectivity index (χ4n) is 3.24. The zero-order valence-electron chi connectivity index (χ0n) is 16.7. The fourth-order valence-corrected chi connectivity index (χ4v) is 3.24. The minimum atomic E-state index is -0.310. The van der Waals surface area contributed by atoms with Gasteiger partial charge in [-0.2, -0.15) is 0 Å². The molecular formula is C21H26N4O4. The monoisotopic (exact) mass is 398 g/mol. The minimum Gasteiger partial charge on any atom is -0.495 e. The van der Waals surface area contributed by atoms with E-state index >= 15 is 0 Å². The Labute approximate surface area is 170 Å². The first-order valence-electron chi connectivity index (χ1n) is 9.69. The van der Waals surface area contributed by atoms with Crippen molar-refractivity contribution in [2.75, 3.05) is 37.4 Å². The first-order valence-corrected chi connectivity index (χ1v) is 9.69. The average Bonchev–Trinajstić information content (AvgIpc) is 2.75. The minimum absolute atomic E-state index is 0.216. The fraction of sp³-hybridized carbons (Fsp3) is 0.381. The molecule has 1 aliphatic rings. The number of carbonyl (C=O) groups is 2. The number of ether oxygens (including phenoxy) is 2. The summed E-state index contributed by atoms with van der Waals surface area (Å²) in [5.41, 5.74) is 1.72. The molecule has 29 heavy (non-hydrogen) atoms. The van der Waals surface area contributed by atoms with Gasteiger partial charge in [-0.1, -0.05) is 12.1 Å². The molecule has 1 saturated heterocycles. The Bertz CT molecular complexity index is 850. The molecule has 1 aromatic heterocycles. The molecule has 1 aromatic carbocycles. The number of para-hydroxylation sites is 2. The van der Waals surface area contributed by atoms with Crippen LogP contribution in [0.2, 0.25) is 0 Å². The van der Waals surface area contributed by atoms with Gasteiger partial charge in [-0.25, -0.2) is 4.79 Å². The predicted molar refractivity (Wildman–Crippen MR) is 110 cm³/mol. The molecule has 1 fully saturated rings. The highest BCUT2D eigenvalue weighted by Crippen LogP contribution is 2.24. The summed E-state index contributed by atoms with van der Waals surface area (Å²) >= 11 is 0. The number of carbonyl (C=O) groups excluding carboxylic acids is 2.